The summed E-state index contributed by atoms with van der Waals surface area (Å²) in [5.74, 6) is -37.0. The smallest absolute Gasteiger partial charge is 0.366 e. The monoisotopic (exact) mass is 448 g/mol. The molecule has 0 N–H and O–H groups in total. The molecule has 0 aliphatic heterocycles. The third-order valence-electron chi connectivity index (χ3n) is 3.82. The summed E-state index contributed by atoms with van der Waals surface area (Å²) >= 11 is 0. The van der Waals surface area contributed by atoms with E-state index in [1.807, 2.05) is 0 Å². The molecule has 0 amide bonds. The normalized spacial score (nSPS) is 17.0. The molecule has 0 aromatic carbocycles. The van der Waals surface area contributed by atoms with Crippen LogP contribution in [-0.4, -0.2) is 47.5 Å². The van der Waals surface area contributed by atoms with Crippen molar-refractivity contribution in [2.75, 3.05) is 0 Å². The summed E-state index contributed by atoms with van der Waals surface area (Å²) in [7, 11) is 0. The molecule has 170 valence electrons. The summed E-state index contributed by atoms with van der Waals surface area (Å²) < 4.78 is 174. The number of alkyl halides is 13. The fraction of sp³-hybridized carbons (Fsp3) is 1.00. The Bertz CT molecular complexity index is 536. The van der Waals surface area contributed by atoms with Crippen LogP contribution in [-0.2, 0) is 4.74 Å². The summed E-state index contributed by atoms with van der Waals surface area (Å²) in [4.78, 5) is 0. The van der Waals surface area contributed by atoms with E-state index in [1.165, 1.54) is 6.92 Å². The van der Waals surface area contributed by atoms with Crippen molar-refractivity contribution in [3.8, 4) is 0 Å². The van der Waals surface area contributed by atoms with E-state index >= 15 is 0 Å². The van der Waals surface area contributed by atoms with Crippen LogP contribution in [0.5, 0.6) is 0 Å². The first-order valence-electron chi connectivity index (χ1n) is 7.57. The molecule has 0 aromatic heterocycles. The zero-order valence-electron chi connectivity index (χ0n) is 14.8. The van der Waals surface area contributed by atoms with Crippen LogP contribution in [0, 0.1) is 0 Å². The number of hydrogen-bond donors (Lipinski definition) is 0. The average Bonchev–Trinajstić information content (AvgIpc) is 2.44. The lowest BCUT2D eigenvalue weighted by Crippen LogP contribution is -2.71. The molecule has 28 heavy (non-hydrogen) atoms. The first-order valence-corrected chi connectivity index (χ1v) is 7.57. The Morgan fingerprint density at radius 1 is 0.643 bits per heavy atom. The predicted octanol–water partition coefficient (Wildman–Crippen LogP) is 6.71. The van der Waals surface area contributed by atoms with Gasteiger partial charge < -0.3 is 4.74 Å². The van der Waals surface area contributed by atoms with E-state index in [0.717, 1.165) is 13.8 Å². The Morgan fingerprint density at radius 3 is 1.32 bits per heavy atom. The predicted molar refractivity (Wildman–Crippen MR) is 70.3 cm³/mol. The second kappa shape index (κ2) is 7.38. The summed E-state index contributed by atoms with van der Waals surface area (Å²) in [5, 5.41) is 0. The van der Waals surface area contributed by atoms with Crippen molar-refractivity contribution in [3.63, 3.8) is 0 Å². The van der Waals surface area contributed by atoms with Gasteiger partial charge in [-0.25, -0.2) is 0 Å². The summed E-state index contributed by atoms with van der Waals surface area (Å²) in [6.07, 6.45) is -10.5. The molecule has 0 rings (SSSR count). The molecule has 0 aliphatic carbocycles. The summed E-state index contributed by atoms with van der Waals surface area (Å²) in [6.45, 7) is 3.69. The zero-order chi connectivity index (χ0) is 23.2. The van der Waals surface area contributed by atoms with Crippen molar-refractivity contribution in [2.45, 2.75) is 88.0 Å². The first kappa shape index (κ1) is 27.0. The Balaban J connectivity index is 6.18. The van der Waals surface area contributed by atoms with Gasteiger partial charge in [0.1, 0.15) is 6.10 Å². The quantitative estimate of drug-likeness (QED) is 0.357. The highest BCUT2D eigenvalue weighted by Crippen LogP contribution is 2.60. The van der Waals surface area contributed by atoms with Crippen LogP contribution in [0.1, 0.15) is 40.5 Å². The highest BCUT2D eigenvalue weighted by atomic mass is 19.4. The van der Waals surface area contributed by atoms with Crippen LogP contribution in [0.25, 0.3) is 0 Å². The number of ether oxygens (including phenoxy) is 1. The van der Waals surface area contributed by atoms with Gasteiger partial charge in [0.25, 0.3) is 0 Å². The maximum atomic E-state index is 13.9. The van der Waals surface area contributed by atoms with E-state index in [4.69, 9.17) is 0 Å². The molecule has 1 unspecified atom stereocenters. The lowest BCUT2D eigenvalue weighted by atomic mass is 9.91. The highest BCUT2D eigenvalue weighted by Gasteiger charge is 2.91. The van der Waals surface area contributed by atoms with Gasteiger partial charge in [0.05, 0.1) is 5.60 Å². The van der Waals surface area contributed by atoms with E-state index in [0.29, 0.717) is 0 Å². The highest BCUT2D eigenvalue weighted by molar-refractivity contribution is 5.11. The maximum absolute atomic E-state index is 13.9. The Hall–Kier alpha value is -0.950. The van der Waals surface area contributed by atoms with Crippen molar-refractivity contribution in [1.29, 1.82) is 0 Å². The van der Waals surface area contributed by atoms with Crippen molar-refractivity contribution in [2.24, 2.45) is 0 Å². The molecule has 14 heteroatoms. The second-order valence-electron chi connectivity index (χ2n) is 6.69. The molecule has 0 heterocycles. The SMILES string of the molecule is CCCC(C)(C)OC(C)C(F)(F)C(F)(F)C(F)(F)C(F)(F)C(F)(F)C(F)(F)F. The lowest BCUT2D eigenvalue weighted by molar-refractivity contribution is -0.445. The fourth-order valence-electron chi connectivity index (χ4n) is 2.25. The van der Waals surface area contributed by atoms with Crippen LogP contribution in [0.2, 0.25) is 0 Å². The van der Waals surface area contributed by atoms with Crippen molar-refractivity contribution in [3.05, 3.63) is 0 Å². The first-order chi connectivity index (χ1) is 11.9. The minimum Gasteiger partial charge on any atom is -0.366 e. The van der Waals surface area contributed by atoms with Crippen molar-refractivity contribution in [1.82, 2.24) is 0 Å². The molecule has 1 atom stereocenters. The van der Waals surface area contributed by atoms with Gasteiger partial charge >= 0.3 is 35.8 Å². The van der Waals surface area contributed by atoms with E-state index in [2.05, 4.69) is 4.74 Å². The Labute approximate surface area is 151 Å². The molecule has 0 spiro atoms. The molecule has 0 bridgehead atoms. The summed E-state index contributed by atoms with van der Waals surface area (Å²) in [6, 6.07) is 0. The van der Waals surface area contributed by atoms with Crippen LogP contribution in [0.3, 0.4) is 0 Å². The molecular weight excluding hydrogens is 431 g/mol. The van der Waals surface area contributed by atoms with Crippen LogP contribution >= 0.6 is 0 Å². The topological polar surface area (TPSA) is 9.23 Å². The van der Waals surface area contributed by atoms with Gasteiger partial charge in [0.15, 0.2) is 0 Å². The fourth-order valence-corrected chi connectivity index (χ4v) is 2.25. The Kier molecular flexibility index (Phi) is 7.13. The van der Waals surface area contributed by atoms with Crippen molar-refractivity contribution >= 4 is 0 Å². The maximum Gasteiger partial charge on any atom is 0.460 e. The molecule has 0 aliphatic rings. The van der Waals surface area contributed by atoms with Crippen molar-refractivity contribution < 1.29 is 61.8 Å². The van der Waals surface area contributed by atoms with E-state index in [9.17, 15) is 57.1 Å². The van der Waals surface area contributed by atoms with Crippen LogP contribution < -0.4 is 0 Å². The third-order valence-corrected chi connectivity index (χ3v) is 3.82. The number of hydrogen-bond acceptors (Lipinski definition) is 1. The minimum absolute atomic E-state index is 0.0709. The lowest BCUT2D eigenvalue weighted by Gasteiger charge is -2.42. The van der Waals surface area contributed by atoms with E-state index in [-0.39, 0.29) is 19.8 Å². The molecule has 0 saturated carbocycles. The van der Waals surface area contributed by atoms with Gasteiger partial charge in [0.2, 0.25) is 0 Å². The molecule has 0 radical (unpaired) electrons. The van der Waals surface area contributed by atoms with E-state index in [1.54, 1.807) is 0 Å². The Morgan fingerprint density at radius 2 is 1.00 bits per heavy atom. The van der Waals surface area contributed by atoms with Gasteiger partial charge in [-0.2, -0.15) is 57.1 Å². The molecule has 0 fully saturated rings. The second-order valence-corrected chi connectivity index (χ2v) is 6.69. The van der Waals surface area contributed by atoms with Gasteiger partial charge in [-0.1, -0.05) is 13.3 Å². The van der Waals surface area contributed by atoms with Gasteiger partial charge in [-0.3, -0.25) is 0 Å². The summed E-state index contributed by atoms with van der Waals surface area (Å²) in [5.41, 5.74) is -1.65. The minimum atomic E-state index is -7.90. The largest absolute Gasteiger partial charge is 0.460 e. The van der Waals surface area contributed by atoms with Gasteiger partial charge in [-0.15, -0.1) is 0 Å². The van der Waals surface area contributed by atoms with Crippen LogP contribution in [0.4, 0.5) is 57.1 Å². The standard InChI is InChI=1S/C14H17F13O/c1-5-6-8(3,4)28-7(2)9(15,16)10(17,18)11(19,20)12(21,22)13(23,24)14(25,26)27/h7H,5-6H2,1-4H3. The van der Waals surface area contributed by atoms with Crippen LogP contribution in [0.15, 0.2) is 0 Å². The third kappa shape index (κ3) is 4.16. The molecule has 0 saturated heterocycles. The number of rotatable bonds is 9. The molecular formula is C14H17F13O. The average molecular weight is 448 g/mol. The zero-order valence-corrected chi connectivity index (χ0v) is 14.8. The number of halogens is 13. The molecule has 0 aromatic rings. The van der Waals surface area contributed by atoms with Gasteiger partial charge in [0, 0.05) is 0 Å². The molecule has 1 nitrogen and oxygen atoms in total. The van der Waals surface area contributed by atoms with E-state index < -0.39 is 47.5 Å². The van der Waals surface area contributed by atoms with Gasteiger partial charge in [-0.05, 0) is 27.2 Å².